The Kier molecular flexibility index (Phi) is 4.30. The average molecular weight is 328 g/mol. The normalized spacial score (nSPS) is 10.2. The second kappa shape index (κ2) is 5.99. The average Bonchev–Trinajstić information content (AvgIpc) is 2.42. The van der Waals surface area contributed by atoms with E-state index in [1.807, 2.05) is 0 Å². The topological polar surface area (TPSA) is 89.7 Å². The number of nitro groups is 1. The monoisotopic (exact) mass is 327 g/mol. The molecule has 2 aromatic rings. The smallest absolute Gasteiger partial charge is 0.339 e. The molecule has 1 N–H and O–H groups in total. The van der Waals surface area contributed by atoms with Crippen molar-refractivity contribution in [3.05, 3.63) is 62.1 Å². The van der Waals surface area contributed by atoms with Gasteiger partial charge >= 0.3 is 11.7 Å². The molecule has 0 saturated heterocycles. The maximum absolute atomic E-state index is 11.1. The van der Waals surface area contributed by atoms with Crippen molar-refractivity contribution in [1.29, 1.82) is 0 Å². The molecule has 0 saturated carbocycles. The zero-order valence-electron chi connectivity index (χ0n) is 10.2. The number of nitro benzene ring substituents is 1. The molecule has 0 atom stereocenters. The number of halogens is 2. The highest BCUT2D eigenvalue weighted by molar-refractivity contribution is 6.32. The maximum Gasteiger partial charge on any atom is 0.339 e. The zero-order chi connectivity index (χ0) is 15.6. The second-order valence-corrected chi connectivity index (χ2v) is 4.74. The lowest BCUT2D eigenvalue weighted by atomic mass is 10.2. The summed E-state index contributed by atoms with van der Waals surface area (Å²) in [5.74, 6) is -1.58. The lowest BCUT2D eigenvalue weighted by Crippen LogP contribution is -2.01. The Morgan fingerprint density at radius 3 is 2.57 bits per heavy atom. The zero-order valence-corrected chi connectivity index (χ0v) is 11.8. The Bertz CT molecular complexity index is 732. The number of ether oxygens (including phenoxy) is 1. The van der Waals surface area contributed by atoms with Crippen LogP contribution in [0, 0.1) is 10.1 Å². The van der Waals surface area contributed by atoms with Crippen molar-refractivity contribution in [2.45, 2.75) is 0 Å². The van der Waals surface area contributed by atoms with E-state index in [2.05, 4.69) is 0 Å². The number of para-hydroxylation sites is 1. The summed E-state index contributed by atoms with van der Waals surface area (Å²) in [6, 6.07) is 7.91. The van der Waals surface area contributed by atoms with Crippen LogP contribution in [0.2, 0.25) is 10.0 Å². The first-order chi connectivity index (χ1) is 9.90. The number of benzene rings is 2. The molecule has 0 aliphatic carbocycles. The molecule has 0 amide bonds. The van der Waals surface area contributed by atoms with Gasteiger partial charge in [-0.05, 0) is 24.3 Å². The number of carbonyl (C=O) groups is 1. The summed E-state index contributed by atoms with van der Waals surface area (Å²) in [5, 5.41) is 20.3. The summed E-state index contributed by atoms with van der Waals surface area (Å²) in [5.41, 5.74) is -0.592. The Morgan fingerprint density at radius 2 is 1.95 bits per heavy atom. The molecule has 0 aliphatic rings. The van der Waals surface area contributed by atoms with Gasteiger partial charge in [-0.25, -0.2) is 4.79 Å². The molecular weight excluding hydrogens is 321 g/mol. The predicted octanol–water partition coefficient (Wildman–Crippen LogP) is 4.39. The molecule has 0 aromatic heterocycles. The third-order valence-corrected chi connectivity index (χ3v) is 3.06. The maximum atomic E-state index is 11.1. The van der Waals surface area contributed by atoms with Crippen LogP contribution in [-0.4, -0.2) is 16.0 Å². The van der Waals surface area contributed by atoms with Crippen LogP contribution in [0.5, 0.6) is 11.5 Å². The minimum absolute atomic E-state index is 0.0270. The van der Waals surface area contributed by atoms with E-state index in [0.717, 1.165) is 6.07 Å². The first kappa shape index (κ1) is 15.1. The van der Waals surface area contributed by atoms with Gasteiger partial charge in [-0.2, -0.15) is 0 Å². The number of carboxylic acids is 1. The first-order valence-corrected chi connectivity index (χ1v) is 6.29. The highest BCUT2D eigenvalue weighted by Gasteiger charge is 2.21. The van der Waals surface area contributed by atoms with Crippen LogP contribution in [0.4, 0.5) is 5.69 Å². The van der Waals surface area contributed by atoms with Crippen molar-refractivity contribution >= 4 is 34.9 Å². The molecule has 0 aliphatic heterocycles. The van der Waals surface area contributed by atoms with Crippen LogP contribution >= 0.6 is 23.2 Å². The lowest BCUT2D eigenvalue weighted by molar-refractivity contribution is -0.385. The van der Waals surface area contributed by atoms with Crippen LogP contribution < -0.4 is 4.74 Å². The largest absolute Gasteiger partial charge is 0.478 e. The van der Waals surface area contributed by atoms with E-state index in [0.29, 0.717) is 0 Å². The molecule has 21 heavy (non-hydrogen) atoms. The van der Waals surface area contributed by atoms with Crippen molar-refractivity contribution in [3.63, 3.8) is 0 Å². The van der Waals surface area contributed by atoms with Gasteiger partial charge in [0.1, 0.15) is 5.56 Å². The standard InChI is InChI=1S/C13H7Cl2NO5/c14-7-4-5-11(10(6-7)16(19)20)21-12-8(13(17)18)2-1-3-9(12)15/h1-6H,(H,17,18). The van der Waals surface area contributed by atoms with E-state index in [-0.39, 0.29) is 27.1 Å². The Balaban J connectivity index is 2.53. The minimum atomic E-state index is -1.26. The van der Waals surface area contributed by atoms with Gasteiger partial charge in [-0.3, -0.25) is 10.1 Å². The van der Waals surface area contributed by atoms with Crippen LogP contribution in [0.25, 0.3) is 0 Å². The van der Waals surface area contributed by atoms with E-state index in [1.165, 1.54) is 30.3 Å². The van der Waals surface area contributed by atoms with Gasteiger partial charge in [0, 0.05) is 11.1 Å². The van der Waals surface area contributed by atoms with Gasteiger partial charge in [0.2, 0.25) is 5.75 Å². The van der Waals surface area contributed by atoms with Gasteiger partial charge in [0.25, 0.3) is 0 Å². The molecule has 0 radical (unpaired) electrons. The van der Waals surface area contributed by atoms with E-state index in [1.54, 1.807) is 0 Å². The number of hydrogen-bond acceptors (Lipinski definition) is 4. The fraction of sp³-hybridized carbons (Fsp3) is 0. The van der Waals surface area contributed by atoms with Crippen molar-refractivity contribution in [1.82, 2.24) is 0 Å². The first-order valence-electron chi connectivity index (χ1n) is 5.53. The number of rotatable bonds is 4. The molecule has 0 unspecified atom stereocenters. The van der Waals surface area contributed by atoms with Crippen LogP contribution in [0.1, 0.15) is 10.4 Å². The molecule has 0 fully saturated rings. The van der Waals surface area contributed by atoms with Crippen molar-refractivity contribution < 1.29 is 19.6 Å². The number of nitrogens with zero attached hydrogens (tertiary/aromatic N) is 1. The molecule has 2 rings (SSSR count). The molecule has 8 heteroatoms. The third-order valence-electron chi connectivity index (χ3n) is 2.53. The molecule has 0 spiro atoms. The Labute approximate surface area is 128 Å². The molecule has 0 heterocycles. The highest BCUT2D eigenvalue weighted by Crippen LogP contribution is 2.38. The number of carboxylic acid groups (broad SMARTS) is 1. The van der Waals surface area contributed by atoms with Gasteiger partial charge in [0.15, 0.2) is 5.75 Å². The molecule has 6 nitrogen and oxygen atoms in total. The SMILES string of the molecule is O=C(O)c1cccc(Cl)c1Oc1ccc(Cl)cc1[N+](=O)[O-]. The summed E-state index contributed by atoms with van der Waals surface area (Å²) >= 11 is 11.6. The Morgan fingerprint density at radius 1 is 1.24 bits per heavy atom. The quantitative estimate of drug-likeness (QED) is 0.664. The number of aromatic carboxylic acids is 1. The minimum Gasteiger partial charge on any atom is -0.478 e. The Hall–Kier alpha value is -2.31. The van der Waals surface area contributed by atoms with Crippen LogP contribution in [-0.2, 0) is 0 Å². The fourth-order valence-corrected chi connectivity index (χ4v) is 1.99. The van der Waals surface area contributed by atoms with Crippen molar-refractivity contribution in [3.8, 4) is 11.5 Å². The van der Waals surface area contributed by atoms with Gasteiger partial charge in [-0.1, -0.05) is 29.3 Å². The van der Waals surface area contributed by atoms with Crippen molar-refractivity contribution in [2.75, 3.05) is 0 Å². The summed E-state index contributed by atoms with van der Waals surface area (Å²) in [7, 11) is 0. The second-order valence-electron chi connectivity index (χ2n) is 3.89. The highest BCUT2D eigenvalue weighted by atomic mass is 35.5. The summed E-state index contributed by atoms with van der Waals surface area (Å²) < 4.78 is 5.34. The van der Waals surface area contributed by atoms with Crippen LogP contribution in [0.15, 0.2) is 36.4 Å². The van der Waals surface area contributed by atoms with E-state index < -0.39 is 16.6 Å². The fourth-order valence-electron chi connectivity index (χ4n) is 1.61. The lowest BCUT2D eigenvalue weighted by Gasteiger charge is -2.10. The third kappa shape index (κ3) is 3.24. The van der Waals surface area contributed by atoms with E-state index in [9.17, 15) is 14.9 Å². The molecular formula is C13H7Cl2NO5. The van der Waals surface area contributed by atoms with Crippen molar-refractivity contribution in [2.24, 2.45) is 0 Å². The predicted molar refractivity (Wildman–Crippen MR) is 76.6 cm³/mol. The van der Waals surface area contributed by atoms with Gasteiger partial charge in [0.05, 0.1) is 9.95 Å². The van der Waals surface area contributed by atoms with Gasteiger partial charge in [-0.15, -0.1) is 0 Å². The number of hydrogen-bond donors (Lipinski definition) is 1. The molecule has 0 bridgehead atoms. The summed E-state index contributed by atoms with van der Waals surface area (Å²) in [6.45, 7) is 0. The molecule has 2 aromatic carbocycles. The van der Waals surface area contributed by atoms with E-state index >= 15 is 0 Å². The molecule has 108 valence electrons. The van der Waals surface area contributed by atoms with Crippen LogP contribution in [0.3, 0.4) is 0 Å². The summed E-state index contributed by atoms with van der Waals surface area (Å²) in [4.78, 5) is 21.4. The van der Waals surface area contributed by atoms with E-state index in [4.69, 9.17) is 33.0 Å². The summed E-state index contributed by atoms with van der Waals surface area (Å²) in [6.07, 6.45) is 0. The van der Waals surface area contributed by atoms with Gasteiger partial charge < -0.3 is 9.84 Å².